The van der Waals surface area contributed by atoms with Gasteiger partial charge in [-0.3, -0.25) is 4.79 Å². The summed E-state index contributed by atoms with van der Waals surface area (Å²) in [5.41, 5.74) is 4.60. The summed E-state index contributed by atoms with van der Waals surface area (Å²) in [4.78, 5) is 16.2. The second-order valence-corrected chi connectivity index (χ2v) is 8.17. The number of unbranched alkanes of at least 4 members (excludes halogenated alkanes) is 1. The quantitative estimate of drug-likeness (QED) is 0.344. The second kappa shape index (κ2) is 10.8. The molecule has 5 nitrogen and oxygen atoms in total. The number of aromatic nitrogens is 2. The van der Waals surface area contributed by atoms with Gasteiger partial charge in [0.1, 0.15) is 11.6 Å². The minimum absolute atomic E-state index is 0.156. The number of fused-ring (bicyclic) bond motifs is 1. The van der Waals surface area contributed by atoms with Crippen molar-refractivity contribution in [2.24, 2.45) is 0 Å². The molecule has 0 saturated heterocycles. The molecule has 1 aromatic heterocycles. The fourth-order valence-corrected chi connectivity index (χ4v) is 3.73. The maximum absolute atomic E-state index is 11.4. The predicted octanol–water partition coefficient (Wildman–Crippen LogP) is 5.17. The van der Waals surface area contributed by atoms with E-state index in [4.69, 9.17) is 9.72 Å². The third-order valence-electron chi connectivity index (χ3n) is 5.39. The average molecular weight is 420 g/mol. The molecule has 1 amide bonds. The zero-order valence-corrected chi connectivity index (χ0v) is 18.9. The first kappa shape index (κ1) is 22.6. The molecule has 1 N–H and O–H groups in total. The van der Waals surface area contributed by atoms with E-state index in [2.05, 4.69) is 61.5 Å². The Labute approximate surface area is 185 Å². The lowest BCUT2D eigenvalue weighted by atomic mass is 10.0. The van der Waals surface area contributed by atoms with E-state index in [-0.39, 0.29) is 5.91 Å². The molecule has 0 fully saturated rings. The van der Waals surface area contributed by atoms with Crippen LogP contribution in [0.5, 0.6) is 5.75 Å². The lowest BCUT2D eigenvalue weighted by molar-refractivity contribution is -0.116. The zero-order valence-electron chi connectivity index (χ0n) is 18.9. The molecule has 0 aliphatic rings. The Balaban J connectivity index is 1.59. The number of hydrogen-bond donors (Lipinski definition) is 1. The molecule has 0 aliphatic carbocycles. The number of hydrogen-bond acceptors (Lipinski definition) is 3. The van der Waals surface area contributed by atoms with Gasteiger partial charge in [-0.05, 0) is 61.1 Å². The number of carbonyl (C=O) groups excluding carboxylic acids is 1. The van der Waals surface area contributed by atoms with E-state index >= 15 is 0 Å². The number of rotatable bonds is 11. The van der Waals surface area contributed by atoms with Crippen LogP contribution in [0.2, 0.25) is 0 Å². The van der Waals surface area contributed by atoms with Crippen molar-refractivity contribution in [2.75, 3.05) is 13.2 Å². The molecule has 0 spiro atoms. The third kappa shape index (κ3) is 5.97. The smallest absolute Gasteiger partial charge is 0.243 e. The molecule has 0 saturated carbocycles. The number of amides is 1. The first-order valence-electron chi connectivity index (χ1n) is 11.1. The fourth-order valence-electron chi connectivity index (χ4n) is 3.73. The predicted molar refractivity (Wildman–Crippen MR) is 127 cm³/mol. The monoisotopic (exact) mass is 419 g/mol. The van der Waals surface area contributed by atoms with Crippen LogP contribution in [0, 0.1) is 6.92 Å². The molecule has 164 valence electrons. The van der Waals surface area contributed by atoms with Gasteiger partial charge < -0.3 is 14.6 Å². The lowest BCUT2D eigenvalue weighted by Gasteiger charge is -2.15. The maximum atomic E-state index is 11.4. The van der Waals surface area contributed by atoms with E-state index in [1.165, 1.54) is 17.2 Å². The van der Waals surface area contributed by atoms with Crippen molar-refractivity contribution in [2.45, 2.75) is 52.5 Å². The van der Waals surface area contributed by atoms with Crippen LogP contribution in [0.3, 0.4) is 0 Å². The van der Waals surface area contributed by atoms with Crippen LogP contribution in [-0.2, 0) is 17.8 Å². The van der Waals surface area contributed by atoms with Gasteiger partial charge in [0, 0.05) is 19.5 Å². The molecule has 31 heavy (non-hydrogen) atoms. The number of nitrogens with one attached hydrogen (secondary N) is 1. The minimum Gasteiger partial charge on any atom is -0.493 e. The van der Waals surface area contributed by atoms with Crippen LogP contribution < -0.4 is 10.1 Å². The number of benzene rings is 2. The molecule has 5 heteroatoms. The Morgan fingerprint density at radius 1 is 1.23 bits per heavy atom. The van der Waals surface area contributed by atoms with Gasteiger partial charge >= 0.3 is 0 Å². The Kier molecular flexibility index (Phi) is 7.88. The van der Waals surface area contributed by atoms with E-state index in [0.29, 0.717) is 25.5 Å². The highest BCUT2D eigenvalue weighted by molar-refractivity contribution is 5.86. The van der Waals surface area contributed by atoms with E-state index in [9.17, 15) is 4.79 Å². The van der Waals surface area contributed by atoms with Gasteiger partial charge in [-0.25, -0.2) is 4.98 Å². The largest absolute Gasteiger partial charge is 0.493 e. The van der Waals surface area contributed by atoms with Crippen molar-refractivity contribution in [3.63, 3.8) is 0 Å². The number of carbonyl (C=O) groups is 1. The summed E-state index contributed by atoms with van der Waals surface area (Å²) in [6.45, 7) is 12.1. The minimum atomic E-state index is -0.156. The van der Waals surface area contributed by atoms with E-state index < -0.39 is 0 Å². The van der Waals surface area contributed by atoms with Crippen molar-refractivity contribution >= 4 is 16.9 Å². The van der Waals surface area contributed by atoms with Crippen molar-refractivity contribution in [3.05, 3.63) is 72.1 Å². The number of aryl methyl sites for hydroxylation is 2. The van der Waals surface area contributed by atoms with Gasteiger partial charge in [-0.15, -0.1) is 0 Å². The van der Waals surface area contributed by atoms with E-state index in [1.54, 1.807) is 0 Å². The molecular formula is C26H33N3O2. The van der Waals surface area contributed by atoms with Crippen LogP contribution in [0.25, 0.3) is 11.0 Å². The highest BCUT2D eigenvalue weighted by Gasteiger charge is 2.11. The van der Waals surface area contributed by atoms with Crippen molar-refractivity contribution < 1.29 is 9.53 Å². The highest BCUT2D eigenvalue weighted by atomic mass is 16.5. The SMILES string of the molecule is C=CC(=O)NCCc1nc2ccccc2n1CCCCOc1cc(C)ccc1C(C)C. The van der Waals surface area contributed by atoms with Crippen molar-refractivity contribution in [3.8, 4) is 5.75 Å². The zero-order chi connectivity index (χ0) is 22.2. The van der Waals surface area contributed by atoms with Crippen molar-refractivity contribution in [1.82, 2.24) is 14.9 Å². The van der Waals surface area contributed by atoms with Gasteiger partial charge in [0.15, 0.2) is 0 Å². The topological polar surface area (TPSA) is 56.2 Å². The van der Waals surface area contributed by atoms with Gasteiger partial charge in [0.25, 0.3) is 0 Å². The number of imidazole rings is 1. The van der Waals surface area contributed by atoms with E-state index in [0.717, 1.165) is 42.0 Å². The summed E-state index contributed by atoms with van der Waals surface area (Å²) in [5.74, 6) is 2.28. The Hall–Kier alpha value is -3.08. The summed E-state index contributed by atoms with van der Waals surface area (Å²) in [7, 11) is 0. The molecule has 3 rings (SSSR count). The van der Waals surface area contributed by atoms with Crippen LogP contribution >= 0.6 is 0 Å². The number of nitrogens with zero attached hydrogens (tertiary/aromatic N) is 2. The van der Waals surface area contributed by atoms with Gasteiger partial charge in [0.2, 0.25) is 5.91 Å². The molecule has 3 aromatic rings. The van der Waals surface area contributed by atoms with Crippen LogP contribution in [-0.4, -0.2) is 28.6 Å². The fraction of sp³-hybridized carbons (Fsp3) is 0.385. The van der Waals surface area contributed by atoms with Gasteiger partial charge in [-0.1, -0.05) is 44.7 Å². The molecule has 0 atom stereocenters. The third-order valence-corrected chi connectivity index (χ3v) is 5.39. The second-order valence-electron chi connectivity index (χ2n) is 8.17. The van der Waals surface area contributed by atoms with Gasteiger partial charge in [0.05, 0.1) is 17.6 Å². The highest BCUT2D eigenvalue weighted by Crippen LogP contribution is 2.27. The van der Waals surface area contributed by atoms with Crippen LogP contribution in [0.15, 0.2) is 55.1 Å². The first-order valence-corrected chi connectivity index (χ1v) is 11.1. The Morgan fingerprint density at radius 2 is 2.03 bits per heavy atom. The van der Waals surface area contributed by atoms with Gasteiger partial charge in [-0.2, -0.15) is 0 Å². The molecule has 2 aromatic carbocycles. The normalized spacial score (nSPS) is 11.1. The standard InChI is InChI=1S/C26H33N3O2/c1-5-26(30)27-15-14-25-28-22-10-6-7-11-23(22)29(25)16-8-9-17-31-24-18-20(4)12-13-21(24)19(2)3/h5-7,10-13,18-19H,1,8-9,14-17H2,2-4H3,(H,27,30). The summed E-state index contributed by atoms with van der Waals surface area (Å²) < 4.78 is 8.40. The number of ether oxygens (including phenoxy) is 1. The molecule has 0 unspecified atom stereocenters. The lowest BCUT2D eigenvalue weighted by Crippen LogP contribution is -2.24. The summed E-state index contributed by atoms with van der Waals surface area (Å²) in [6.07, 6.45) is 3.94. The molecule has 1 heterocycles. The molecular weight excluding hydrogens is 386 g/mol. The first-order chi connectivity index (χ1) is 15.0. The average Bonchev–Trinajstić information content (AvgIpc) is 3.10. The van der Waals surface area contributed by atoms with Crippen LogP contribution in [0.4, 0.5) is 0 Å². The molecule has 0 radical (unpaired) electrons. The summed E-state index contributed by atoms with van der Waals surface area (Å²) in [5, 5.41) is 2.84. The summed E-state index contributed by atoms with van der Waals surface area (Å²) in [6, 6.07) is 14.6. The Morgan fingerprint density at radius 3 is 2.81 bits per heavy atom. The van der Waals surface area contributed by atoms with E-state index in [1.807, 2.05) is 18.2 Å². The molecule has 0 aliphatic heterocycles. The number of para-hydroxylation sites is 2. The summed E-state index contributed by atoms with van der Waals surface area (Å²) >= 11 is 0. The maximum Gasteiger partial charge on any atom is 0.243 e. The van der Waals surface area contributed by atoms with Crippen LogP contribution in [0.1, 0.15) is 49.6 Å². The molecule has 0 bridgehead atoms. The Bertz CT molecular complexity index is 1040. The van der Waals surface area contributed by atoms with Crippen molar-refractivity contribution in [1.29, 1.82) is 0 Å².